The molecule has 0 radical (unpaired) electrons. The average Bonchev–Trinajstić information content (AvgIpc) is 3.37. The molecule has 0 unspecified atom stereocenters. The van der Waals surface area contributed by atoms with E-state index in [0.717, 1.165) is 18.4 Å². The number of likely N-dealkylation sites (N-methyl/N-ethyl adjacent to an activating group) is 1. The third-order valence-corrected chi connectivity index (χ3v) is 4.43. The van der Waals surface area contributed by atoms with E-state index in [4.69, 9.17) is 5.41 Å². The van der Waals surface area contributed by atoms with E-state index in [0.29, 0.717) is 12.2 Å². The molecule has 2 aromatic rings. The van der Waals surface area contributed by atoms with Crippen molar-refractivity contribution in [3.8, 4) is 0 Å². The normalized spacial score (nSPS) is 14.5. The van der Waals surface area contributed by atoms with E-state index in [1.54, 1.807) is 0 Å². The smallest absolute Gasteiger partial charge is 0.291 e. The van der Waals surface area contributed by atoms with Gasteiger partial charge in [-0.3, -0.25) is 20.1 Å². The predicted molar refractivity (Wildman–Crippen MR) is 95.8 cm³/mol. The first-order valence-electron chi connectivity index (χ1n) is 8.54. The summed E-state index contributed by atoms with van der Waals surface area (Å²) < 4.78 is 0. The van der Waals surface area contributed by atoms with E-state index in [9.17, 15) is 9.59 Å². The average molecular weight is 354 g/mol. The van der Waals surface area contributed by atoms with Gasteiger partial charge in [0.2, 0.25) is 11.7 Å². The van der Waals surface area contributed by atoms with Gasteiger partial charge in [-0.05, 0) is 31.2 Å². The van der Waals surface area contributed by atoms with E-state index in [2.05, 4.69) is 20.5 Å². The number of amides is 2. The fourth-order valence-electron chi connectivity index (χ4n) is 2.66. The van der Waals surface area contributed by atoms with E-state index in [1.165, 1.54) is 18.9 Å². The molecule has 0 bridgehead atoms. The Morgan fingerprint density at radius 3 is 2.65 bits per heavy atom. The van der Waals surface area contributed by atoms with Gasteiger partial charge in [0.25, 0.3) is 5.91 Å². The van der Waals surface area contributed by atoms with Crippen molar-refractivity contribution in [2.24, 2.45) is 5.92 Å². The zero-order valence-electron chi connectivity index (χ0n) is 14.8. The first kappa shape index (κ1) is 17.8. The maximum Gasteiger partial charge on any atom is 0.291 e. The molecule has 8 heteroatoms. The molecule has 0 spiro atoms. The van der Waals surface area contributed by atoms with Crippen molar-refractivity contribution in [3.63, 3.8) is 0 Å². The van der Waals surface area contributed by atoms with Crippen LogP contribution in [0.3, 0.4) is 0 Å². The second kappa shape index (κ2) is 7.47. The molecule has 1 atom stereocenters. The lowest BCUT2D eigenvalue weighted by atomic mass is 10.1. The van der Waals surface area contributed by atoms with Crippen LogP contribution < -0.4 is 5.32 Å². The number of nitrogens with one attached hydrogen (secondary N) is 3. The lowest BCUT2D eigenvalue weighted by Gasteiger charge is -2.23. The van der Waals surface area contributed by atoms with Crippen LogP contribution in [0.4, 0.5) is 0 Å². The van der Waals surface area contributed by atoms with E-state index < -0.39 is 11.9 Å². The van der Waals surface area contributed by atoms with Crippen LogP contribution in [0.2, 0.25) is 0 Å². The van der Waals surface area contributed by atoms with Gasteiger partial charge in [-0.2, -0.15) is 0 Å². The van der Waals surface area contributed by atoms with Crippen molar-refractivity contribution in [2.75, 3.05) is 7.05 Å². The number of carbonyl (C=O) groups is 2. The van der Waals surface area contributed by atoms with Crippen molar-refractivity contribution < 1.29 is 9.59 Å². The minimum absolute atomic E-state index is 0.0172. The van der Waals surface area contributed by atoms with Gasteiger partial charge in [0.05, 0.1) is 5.84 Å². The summed E-state index contributed by atoms with van der Waals surface area (Å²) in [5.41, 5.74) is 1.06. The highest BCUT2D eigenvalue weighted by Crippen LogP contribution is 2.33. The Morgan fingerprint density at radius 1 is 1.35 bits per heavy atom. The number of hydrogen-bond donors (Lipinski definition) is 3. The number of rotatable bonds is 6. The predicted octanol–water partition coefficient (Wildman–Crippen LogP) is 1.36. The van der Waals surface area contributed by atoms with Gasteiger partial charge in [-0.15, -0.1) is 5.10 Å². The number of amidine groups is 1. The van der Waals surface area contributed by atoms with Gasteiger partial charge in [-0.1, -0.05) is 30.3 Å². The van der Waals surface area contributed by atoms with Crippen molar-refractivity contribution in [1.82, 2.24) is 25.4 Å². The zero-order chi connectivity index (χ0) is 18.7. The van der Waals surface area contributed by atoms with Crippen molar-refractivity contribution in [2.45, 2.75) is 32.2 Å². The molecular weight excluding hydrogens is 332 g/mol. The van der Waals surface area contributed by atoms with E-state index in [-0.39, 0.29) is 23.5 Å². The van der Waals surface area contributed by atoms with Crippen molar-refractivity contribution in [1.29, 1.82) is 5.41 Å². The minimum Gasteiger partial charge on any atom is -0.337 e. The summed E-state index contributed by atoms with van der Waals surface area (Å²) in [7, 11) is 1.54. The van der Waals surface area contributed by atoms with Crippen LogP contribution >= 0.6 is 0 Å². The van der Waals surface area contributed by atoms with Crippen molar-refractivity contribution >= 4 is 17.6 Å². The molecule has 1 aromatic carbocycles. The number of benzene rings is 1. The first-order chi connectivity index (χ1) is 12.5. The Morgan fingerprint density at radius 2 is 2.04 bits per heavy atom. The number of hydrogen-bond acceptors (Lipinski definition) is 5. The quantitative estimate of drug-likeness (QED) is 0.536. The molecule has 1 aliphatic carbocycles. The van der Waals surface area contributed by atoms with Crippen LogP contribution in [0.25, 0.3) is 0 Å². The van der Waals surface area contributed by atoms with Gasteiger partial charge in [-0.25, -0.2) is 4.98 Å². The molecule has 8 nitrogen and oxygen atoms in total. The van der Waals surface area contributed by atoms with Crippen LogP contribution in [-0.2, 0) is 11.2 Å². The summed E-state index contributed by atoms with van der Waals surface area (Å²) in [6, 6.07) is 9.10. The lowest BCUT2D eigenvalue weighted by Crippen LogP contribution is -2.50. The molecule has 136 valence electrons. The third-order valence-electron chi connectivity index (χ3n) is 4.43. The Labute approximate surface area is 151 Å². The Bertz CT molecular complexity index is 812. The Hall–Kier alpha value is -3.03. The maximum absolute atomic E-state index is 12.5. The fraction of sp³-hybridized carbons (Fsp3) is 0.389. The number of aromatic nitrogens is 3. The van der Waals surface area contributed by atoms with Gasteiger partial charge in [0, 0.05) is 13.5 Å². The molecule has 0 aliphatic heterocycles. The molecule has 2 amide bonds. The molecule has 26 heavy (non-hydrogen) atoms. The van der Waals surface area contributed by atoms with Crippen LogP contribution in [0.1, 0.15) is 41.8 Å². The largest absolute Gasteiger partial charge is 0.337 e. The standard InChI is InChI=1S/C18H22N6O2/c1-11(19)24(2)18(26)15(13-8-9-13)21-17(25)16-20-14(22-23-16)10-12-6-4-3-5-7-12/h3-7,13,15,19H,8-10H2,1-2H3,(H,21,25)(H,20,22,23)/t15-/m0/s1. The lowest BCUT2D eigenvalue weighted by molar-refractivity contribution is -0.129. The molecule has 1 fully saturated rings. The monoisotopic (exact) mass is 354 g/mol. The van der Waals surface area contributed by atoms with Crippen LogP contribution in [-0.4, -0.2) is 50.8 Å². The summed E-state index contributed by atoms with van der Waals surface area (Å²) in [5.74, 6) is 0.0795. The molecular formula is C18H22N6O2. The Balaban J connectivity index is 1.67. The summed E-state index contributed by atoms with van der Waals surface area (Å²) >= 11 is 0. The van der Waals surface area contributed by atoms with Crippen LogP contribution in [0.5, 0.6) is 0 Å². The number of aromatic amines is 1. The van der Waals surface area contributed by atoms with E-state index in [1.807, 2.05) is 30.3 Å². The molecule has 1 heterocycles. The molecule has 1 saturated carbocycles. The highest BCUT2D eigenvalue weighted by molar-refractivity contribution is 6.01. The van der Waals surface area contributed by atoms with Crippen LogP contribution in [0.15, 0.2) is 30.3 Å². The summed E-state index contributed by atoms with van der Waals surface area (Å²) in [6.07, 6.45) is 2.31. The summed E-state index contributed by atoms with van der Waals surface area (Å²) in [4.78, 5) is 30.5. The summed E-state index contributed by atoms with van der Waals surface area (Å²) in [6.45, 7) is 1.54. The van der Waals surface area contributed by atoms with Crippen molar-refractivity contribution in [3.05, 3.63) is 47.5 Å². The van der Waals surface area contributed by atoms with Gasteiger partial charge < -0.3 is 10.2 Å². The second-order valence-electron chi connectivity index (χ2n) is 6.54. The molecule has 1 aliphatic rings. The van der Waals surface area contributed by atoms with E-state index >= 15 is 0 Å². The summed E-state index contributed by atoms with van der Waals surface area (Å²) in [5, 5.41) is 17.1. The fourth-order valence-corrected chi connectivity index (χ4v) is 2.66. The third kappa shape index (κ3) is 4.14. The van der Waals surface area contributed by atoms with Gasteiger partial charge in [0.15, 0.2) is 0 Å². The van der Waals surface area contributed by atoms with Gasteiger partial charge >= 0.3 is 0 Å². The SMILES string of the molecule is CC(=N)N(C)C(=O)[C@@H](NC(=O)c1n[nH]c(Cc2ccccc2)n1)C1CC1. The van der Waals surface area contributed by atoms with Gasteiger partial charge in [0.1, 0.15) is 11.9 Å². The molecule has 1 aromatic heterocycles. The number of carbonyl (C=O) groups excluding carboxylic acids is 2. The Kier molecular flexibility index (Phi) is 5.11. The zero-order valence-corrected chi connectivity index (χ0v) is 14.8. The number of nitrogens with zero attached hydrogens (tertiary/aromatic N) is 3. The van der Waals surface area contributed by atoms with Crippen LogP contribution in [0, 0.1) is 11.3 Å². The second-order valence-corrected chi connectivity index (χ2v) is 6.54. The topological polar surface area (TPSA) is 115 Å². The minimum atomic E-state index is -0.649. The first-order valence-corrected chi connectivity index (χ1v) is 8.54. The maximum atomic E-state index is 12.5. The molecule has 3 N–H and O–H groups in total. The number of H-pyrrole nitrogens is 1. The highest BCUT2D eigenvalue weighted by atomic mass is 16.2. The highest BCUT2D eigenvalue weighted by Gasteiger charge is 2.39. The molecule has 3 rings (SSSR count). The molecule has 0 saturated heterocycles.